The van der Waals surface area contributed by atoms with Crippen LogP contribution in [0.1, 0.15) is 22.7 Å². The first-order valence-corrected chi connectivity index (χ1v) is 6.33. The lowest BCUT2D eigenvalue weighted by molar-refractivity contribution is 0.724. The van der Waals surface area contributed by atoms with Crippen LogP contribution in [0, 0.1) is 6.92 Å². The smallest absolute Gasteiger partial charge is 0.0892 e. The summed E-state index contributed by atoms with van der Waals surface area (Å²) < 4.78 is 1.81. The van der Waals surface area contributed by atoms with E-state index in [-0.39, 0.29) is 6.04 Å². The summed E-state index contributed by atoms with van der Waals surface area (Å²) in [5.41, 5.74) is 10.9. The van der Waals surface area contributed by atoms with Crippen LogP contribution in [-0.2, 0) is 6.42 Å². The van der Waals surface area contributed by atoms with Crippen molar-refractivity contribution in [1.82, 2.24) is 14.6 Å². The van der Waals surface area contributed by atoms with E-state index in [9.17, 15) is 0 Å². The van der Waals surface area contributed by atoms with Gasteiger partial charge in [-0.05, 0) is 24.5 Å². The van der Waals surface area contributed by atoms with Gasteiger partial charge in [0.25, 0.3) is 0 Å². The van der Waals surface area contributed by atoms with Gasteiger partial charge in [0.2, 0.25) is 0 Å². The maximum absolute atomic E-state index is 6.33. The third kappa shape index (κ3) is 2.22. The third-order valence-electron chi connectivity index (χ3n) is 3.46. The van der Waals surface area contributed by atoms with Crippen molar-refractivity contribution in [3.05, 3.63) is 65.7 Å². The SMILES string of the molecule is Cc1ccccc1CC(N)c1cnn2ccncc12. The van der Waals surface area contributed by atoms with Gasteiger partial charge in [-0.1, -0.05) is 24.3 Å². The van der Waals surface area contributed by atoms with Crippen LogP contribution in [0.3, 0.4) is 0 Å². The van der Waals surface area contributed by atoms with Gasteiger partial charge in [-0.15, -0.1) is 0 Å². The predicted octanol–water partition coefficient (Wildman–Crippen LogP) is 2.28. The molecule has 96 valence electrons. The van der Waals surface area contributed by atoms with Crippen molar-refractivity contribution >= 4 is 5.52 Å². The number of aromatic nitrogens is 3. The number of nitrogens with two attached hydrogens (primary N) is 1. The van der Waals surface area contributed by atoms with Gasteiger partial charge >= 0.3 is 0 Å². The van der Waals surface area contributed by atoms with Crippen molar-refractivity contribution in [2.24, 2.45) is 5.73 Å². The molecule has 4 nitrogen and oxygen atoms in total. The highest BCUT2D eigenvalue weighted by atomic mass is 15.2. The summed E-state index contributed by atoms with van der Waals surface area (Å²) in [6.07, 6.45) is 8.00. The molecule has 3 aromatic rings. The van der Waals surface area contributed by atoms with Crippen molar-refractivity contribution < 1.29 is 0 Å². The molecule has 0 aliphatic carbocycles. The Labute approximate surface area is 111 Å². The fraction of sp³-hybridized carbons (Fsp3) is 0.200. The number of aryl methyl sites for hydroxylation is 1. The van der Waals surface area contributed by atoms with Gasteiger partial charge in [0.15, 0.2) is 0 Å². The number of hydrogen-bond acceptors (Lipinski definition) is 3. The minimum atomic E-state index is -0.0669. The molecular formula is C15H16N4. The fourth-order valence-corrected chi connectivity index (χ4v) is 2.32. The molecule has 0 amide bonds. The standard InChI is InChI=1S/C15H16N4/c1-11-4-2-3-5-12(11)8-14(16)13-9-18-19-7-6-17-10-15(13)19/h2-7,9-10,14H,8,16H2,1H3. The second-order valence-corrected chi connectivity index (χ2v) is 4.74. The Morgan fingerprint density at radius 2 is 2.11 bits per heavy atom. The molecule has 1 unspecified atom stereocenters. The third-order valence-corrected chi connectivity index (χ3v) is 3.46. The highest BCUT2D eigenvalue weighted by Gasteiger charge is 2.13. The lowest BCUT2D eigenvalue weighted by atomic mass is 9.98. The summed E-state index contributed by atoms with van der Waals surface area (Å²) in [5.74, 6) is 0. The number of benzene rings is 1. The van der Waals surface area contributed by atoms with E-state index in [1.165, 1.54) is 11.1 Å². The van der Waals surface area contributed by atoms with Gasteiger partial charge < -0.3 is 5.73 Å². The Balaban J connectivity index is 1.92. The average Bonchev–Trinajstić information content (AvgIpc) is 2.85. The molecular weight excluding hydrogens is 236 g/mol. The van der Waals surface area contributed by atoms with E-state index in [1.807, 2.05) is 24.5 Å². The topological polar surface area (TPSA) is 56.2 Å². The highest BCUT2D eigenvalue weighted by molar-refractivity contribution is 5.53. The van der Waals surface area contributed by atoms with E-state index in [0.717, 1.165) is 17.5 Å². The van der Waals surface area contributed by atoms with E-state index in [2.05, 4.69) is 29.1 Å². The van der Waals surface area contributed by atoms with Crippen molar-refractivity contribution in [2.75, 3.05) is 0 Å². The van der Waals surface area contributed by atoms with Crippen LogP contribution in [-0.4, -0.2) is 14.6 Å². The summed E-state index contributed by atoms with van der Waals surface area (Å²) in [4.78, 5) is 4.14. The largest absolute Gasteiger partial charge is 0.324 e. The Morgan fingerprint density at radius 3 is 2.95 bits per heavy atom. The van der Waals surface area contributed by atoms with E-state index in [0.29, 0.717) is 0 Å². The van der Waals surface area contributed by atoms with E-state index in [4.69, 9.17) is 5.73 Å². The lowest BCUT2D eigenvalue weighted by Gasteiger charge is -2.12. The zero-order valence-corrected chi connectivity index (χ0v) is 10.8. The molecule has 0 saturated heterocycles. The number of rotatable bonds is 3. The highest BCUT2D eigenvalue weighted by Crippen LogP contribution is 2.21. The van der Waals surface area contributed by atoms with Crippen LogP contribution < -0.4 is 5.73 Å². The van der Waals surface area contributed by atoms with Gasteiger partial charge in [0, 0.05) is 24.0 Å². The van der Waals surface area contributed by atoms with Crippen molar-refractivity contribution in [2.45, 2.75) is 19.4 Å². The van der Waals surface area contributed by atoms with Crippen LogP contribution in [0.15, 0.2) is 49.1 Å². The maximum Gasteiger partial charge on any atom is 0.0892 e. The minimum absolute atomic E-state index is 0.0669. The molecule has 0 bridgehead atoms. The van der Waals surface area contributed by atoms with Crippen molar-refractivity contribution in [3.8, 4) is 0 Å². The molecule has 0 saturated carbocycles. The average molecular weight is 252 g/mol. The summed E-state index contributed by atoms with van der Waals surface area (Å²) >= 11 is 0. The van der Waals surface area contributed by atoms with Crippen LogP contribution >= 0.6 is 0 Å². The molecule has 19 heavy (non-hydrogen) atoms. The summed E-state index contributed by atoms with van der Waals surface area (Å²) in [7, 11) is 0. The van der Waals surface area contributed by atoms with Gasteiger partial charge in [-0.3, -0.25) is 4.98 Å². The molecule has 0 spiro atoms. The Hall–Kier alpha value is -2.20. The molecule has 2 heterocycles. The first-order chi connectivity index (χ1) is 9.25. The monoisotopic (exact) mass is 252 g/mol. The Kier molecular flexibility index (Phi) is 3.01. The summed E-state index contributed by atoms with van der Waals surface area (Å²) in [6, 6.07) is 8.26. The normalized spacial score (nSPS) is 12.7. The van der Waals surface area contributed by atoms with E-state index in [1.54, 1.807) is 16.9 Å². The fourth-order valence-electron chi connectivity index (χ4n) is 2.32. The van der Waals surface area contributed by atoms with E-state index >= 15 is 0 Å². The van der Waals surface area contributed by atoms with Crippen LogP contribution in [0.25, 0.3) is 5.52 Å². The van der Waals surface area contributed by atoms with Gasteiger partial charge in [-0.25, -0.2) is 4.52 Å². The summed E-state index contributed by atoms with van der Waals surface area (Å²) in [6.45, 7) is 2.11. The molecule has 0 aliphatic rings. The second kappa shape index (κ2) is 4.82. The zero-order chi connectivity index (χ0) is 13.2. The molecule has 2 aromatic heterocycles. The maximum atomic E-state index is 6.33. The zero-order valence-electron chi connectivity index (χ0n) is 10.8. The Bertz CT molecular complexity index is 702. The number of hydrogen-bond donors (Lipinski definition) is 1. The van der Waals surface area contributed by atoms with Gasteiger partial charge in [0.05, 0.1) is 17.9 Å². The molecule has 0 fully saturated rings. The predicted molar refractivity (Wildman–Crippen MR) is 74.8 cm³/mol. The second-order valence-electron chi connectivity index (χ2n) is 4.74. The summed E-state index contributed by atoms with van der Waals surface area (Å²) in [5, 5.41) is 4.30. The first-order valence-electron chi connectivity index (χ1n) is 6.33. The van der Waals surface area contributed by atoms with Crippen LogP contribution in [0.5, 0.6) is 0 Å². The van der Waals surface area contributed by atoms with Crippen molar-refractivity contribution in [1.29, 1.82) is 0 Å². The van der Waals surface area contributed by atoms with Crippen LogP contribution in [0.2, 0.25) is 0 Å². The number of nitrogens with zero attached hydrogens (tertiary/aromatic N) is 3. The van der Waals surface area contributed by atoms with Gasteiger partial charge in [-0.2, -0.15) is 5.10 Å². The first kappa shape index (κ1) is 11.9. The quantitative estimate of drug-likeness (QED) is 0.778. The molecule has 1 aromatic carbocycles. The molecule has 1 atom stereocenters. The van der Waals surface area contributed by atoms with E-state index < -0.39 is 0 Å². The molecule has 0 aliphatic heterocycles. The molecule has 0 radical (unpaired) electrons. The molecule has 3 rings (SSSR count). The van der Waals surface area contributed by atoms with Crippen molar-refractivity contribution in [3.63, 3.8) is 0 Å². The Morgan fingerprint density at radius 1 is 1.26 bits per heavy atom. The van der Waals surface area contributed by atoms with Gasteiger partial charge in [0.1, 0.15) is 0 Å². The number of fused-ring (bicyclic) bond motifs is 1. The lowest BCUT2D eigenvalue weighted by Crippen LogP contribution is -2.13. The van der Waals surface area contributed by atoms with Crippen LogP contribution in [0.4, 0.5) is 0 Å². The molecule has 4 heteroatoms. The minimum Gasteiger partial charge on any atom is -0.324 e. The molecule has 2 N–H and O–H groups in total.